The Morgan fingerprint density at radius 1 is 1.17 bits per heavy atom. The van der Waals surface area contributed by atoms with Gasteiger partial charge in [-0.2, -0.15) is 4.31 Å². The molecule has 0 aromatic heterocycles. The molecule has 29 heavy (non-hydrogen) atoms. The Kier molecular flexibility index (Phi) is 6.83. The fourth-order valence-corrected chi connectivity index (χ4v) is 4.57. The lowest BCUT2D eigenvalue weighted by atomic mass is 10.1. The topological polar surface area (TPSA) is 84.9 Å². The molecule has 0 spiro atoms. The maximum Gasteiger partial charge on any atom is 0.251 e. The number of halogens is 1. The molecule has 1 N–H and O–H groups in total. The number of aryl methyl sites for hydroxylation is 1. The van der Waals surface area contributed by atoms with Crippen LogP contribution in [0.25, 0.3) is 0 Å². The van der Waals surface area contributed by atoms with Crippen LogP contribution >= 0.6 is 0 Å². The Hall–Kier alpha value is -2.49. The van der Waals surface area contributed by atoms with Crippen molar-refractivity contribution in [2.45, 2.75) is 11.8 Å². The zero-order chi connectivity index (χ0) is 20.9. The van der Waals surface area contributed by atoms with E-state index in [4.69, 9.17) is 9.47 Å². The minimum atomic E-state index is -3.70. The number of carbonyl (C=O) groups is 1. The number of hydrogen-bond acceptors (Lipinski definition) is 5. The van der Waals surface area contributed by atoms with E-state index in [1.165, 1.54) is 34.6 Å². The summed E-state index contributed by atoms with van der Waals surface area (Å²) in [7, 11) is -3.70. The third kappa shape index (κ3) is 5.31. The molecule has 0 bridgehead atoms. The zero-order valence-electron chi connectivity index (χ0n) is 16.1. The molecule has 3 rings (SSSR count). The largest absolute Gasteiger partial charge is 0.492 e. The van der Waals surface area contributed by atoms with Crippen LogP contribution < -0.4 is 10.1 Å². The molecule has 156 valence electrons. The number of benzene rings is 2. The standard InChI is InChI=1S/C20H23FN2O5S/c1-15-2-3-16(14-19(15)29(25,26)23-9-12-27-13-10-23)20(24)22-8-11-28-18-6-4-17(21)5-7-18/h2-7,14H,8-13H2,1H3,(H,22,24). The van der Waals surface area contributed by atoms with E-state index in [0.29, 0.717) is 37.6 Å². The van der Waals surface area contributed by atoms with Gasteiger partial charge < -0.3 is 14.8 Å². The molecule has 0 atom stereocenters. The van der Waals surface area contributed by atoms with Crippen LogP contribution in [0.4, 0.5) is 4.39 Å². The van der Waals surface area contributed by atoms with Crippen LogP contribution in [-0.2, 0) is 14.8 Å². The number of rotatable bonds is 7. The molecule has 0 aliphatic carbocycles. The third-order valence-electron chi connectivity index (χ3n) is 4.51. The highest BCUT2D eigenvalue weighted by Crippen LogP contribution is 2.22. The van der Waals surface area contributed by atoms with Gasteiger partial charge in [0.2, 0.25) is 10.0 Å². The zero-order valence-corrected chi connectivity index (χ0v) is 16.9. The van der Waals surface area contributed by atoms with Crippen LogP contribution in [0.5, 0.6) is 5.75 Å². The molecule has 1 aliphatic heterocycles. The Morgan fingerprint density at radius 3 is 2.55 bits per heavy atom. The lowest BCUT2D eigenvalue weighted by molar-refractivity contribution is 0.0730. The number of hydrogen-bond donors (Lipinski definition) is 1. The predicted molar refractivity (Wildman–Crippen MR) is 105 cm³/mol. The van der Waals surface area contributed by atoms with E-state index < -0.39 is 15.9 Å². The van der Waals surface area contributed by atoms with Crippen LogP contribution in [0, 0.1) is 12.7 Å². The number of carbonyl (C=O) groups excluding carboxylic acids is 1. The van der Waals surface area contributed by atoms with Gasteiger partial charge in [0.05, 0.1) is 24.7 Å². The number of sulfonamides is 1. The minimum absolute atomic E-state index is 0.120. The highest BCUT2D eigenvalue weighted by Gasteiger charge is 2.28. The highest BCUT2D eigenvalue weighted by atomic mass is 32.2. The van der Waals surface area contributed by atoms with Gasteiger partial charge in [-0.05, 0) is 48.9 Å². The monoisotopic (exact) mass is 422 g/mol. The summed E-state index contributed by atoms with van der Waals surface area (Å²) >= 11 is 0. The van der Waals surface area contributed by atoms with Crippen LogP contribution in [-0.4, -0.2) is 58.1 Å². The molecular formula is C20H23FN2O5S. The normalized spacial score (nSPS) is 15.1. The first-order valence-electron chi connectivity index (χ1n) is 9.23. The fraction of sp³-hybridized carbons (Fsp3) is 0.350. The summed E-state index contributed by atoms with van der Waals surface area (Å²) in [6.45, 7) is 3.40. The maximum absolute atomic E-state index is 12.9. The van der Waals surface area contributed by atoms with E-state index in [0.717, 1.165) is 0 Å². The average Bonchev–Trinajstić information content (AvgIpc) is 2.73. The van der Waals surface area contributed by atoms with Gasteiger partial charge in [0, 0.05) is 18.7 Å². The summed E-state index contributed by atoms with van der Waals surface area (Å²) in [5.41, 5.74) is 0.830. The summed E-state index contributed by atoms with van der Waals surface area (Å²) in [6.07, 6.45) is 0. The van der Waals surface area contributed by atoms with Crippen molar-refractivity contribution in [3.63, 3.8) is 0 Å². The van der Waals surface area contributed by atoms with Crippen molar-refractivity contribution in [2.24, 2.45) is 0 Å². The molecule has 0 unspecified atom stereocenters. The Morgan fingerprint density at radius 2 is 1.86 bits per heavy atom. The number of nitrogens with zero attached hydrogens (tertiary/aromatic N) is 1. The quantitative estimate of drug-likeness (QED) is 0.690. The van der Waals surface area contributed by atoms with Gasteiger partial charge >= 0.3 is 0 Å². The lowest BCUT2D eigenvalue weighted by Crippen LogP contribution is -2.41. The highest BCUT2D eigenvalue weighted by molar-refractivity contribution is 7.89. The van der Waals surface area contributed by atoms with Crippen molar-refractivity contribution in [3.8, 4) is 5.75 Å². The predicted octanol–water partition coefficient (Wildman–Crippen LogP) is 1.96. The summed E-state index contributed by atoms with van der Waals surface area (Å²) < 4.78 is 50.7. The average molecular weight is 422 g/mol. The molecule has 0 saturated carbocycles. The molecule has 2 aromatic rings. The van der Waals surface area contributed by atoms with Crippen molar-refractivity contribution < 1.29 is 27.1 Å². The van der Waals surface area contributed by atoms with Gasteiger partial charge in [-0.1, -0.05) is 6.07 Å². The first kappa shape index (κ1) is 21.2. The summed E-state index contributed by atoms with van der Waals surface area (Å²) in [5.74, 6) is -0.256. The molecule has 2 aromatic carbocycles. The van der Waals surface area contributed by atoms with E-state index in [9.17, 15) is 17.6 Å². The molecule has 1 heterocycles. The number of amides is 1. The van der Waals surface area contributed by atoms with Crippen molar-refractivity contribution in [1.82, 2.24) is 9.62 Å². The van der Waals surface area contributed by atoms with Gasteiger partial charge in [-0.25, -0.2) is 12.8 Å². The molecule has 1 fully saturated rings. The smallest absolute Gasteiger partial charge is 0.251 e. The van der Waals surface area contributed by atoms with Gasteiger partial charge in [0.15, 0.2) is 0 Å². The van der Waals surface area contributed by atoms with Crippen LogP contribution in [0.2, 0.25) is 0 Å². The second-order valence-corrected chi connectivity index (χ2v) is 8.46. The third-order valence-corrected chi connectivity index (χ3v) is 6.55. The number of ether oxygens (including phenoxy) is 2. The van der Waals surface area contributed by atoms with Crippen molar-refractivity contribution in [1.29, 1.82) is 0 Å². The van der Waals surface area contributed by atoms with Crippen LogP contribution in [0.3, 0.4) is 0 Å². The number of morpholine rings is 1. The molecule has 7 nitrogen and oxygen atoms in total. The Labute approximate surface area is 169 Å². The molecule has 1 amide bonds. The Balaban J connectivity index is 1.62. The first-order chi connectivity index (χ1) is 13.9. The van der Waals surface area contributed by atoms with Gasteiger partial charge in [-0.15, -0.1) is 0 Å². The van der Waals surface area contributed by atoms with E-state index in [-0.39, 0.29) is 29.4 Å². The van der Waals surface area contributed by atoms with Crippen LogP contribution in [0.15, 0.2) is 47.4 Å². The molecule has 1 saturated heterocycles. The molecular weight excluding hydrogens is 399 g/mol. The van der Waals surface area contributed by atoms with E-state index >= 15 is 0 Å². The van der Waals surface area contributed by atoms with Gasteiger partial charge in [0.1, 0.15) is 18.2 Å². The summed E-state index contributed by atoms with van der Waals surface area (Å²) in [4.78, 5) is 12.5. The Bertz CT molecular complexity index is 957. The van der Waals surface area contributed by atoms with Crippen LogP contribution in [0.1, 0.15) is 15.9 Å². The maximum atomic E-state index is 12.9. The second kappa shape index (κ2) is 9.34. The summed E-state index contributed by atoms with van der Waals surface area (Å²) in [6, 6.07) is 10.2. The summed E-state index contributed by atoms with van der Waals surface area (Å²) in [5, 5.41) is 2.69. The van der Waals surface area contributed by atoms with E-state index in [2.05, 4.69) is 5.32 Å². The fourth-order valence-electron chi connectivity index (χ4n) is 2.91. The van der Waals surface area contributed by atoms with Crippen molar-refractivity contribution >= 4 is 15.9 Å². The number of nitrogens with one attached hydrogen (secondary N) is 1. The van der Waals surface area contributed by atoms with Crippen molar-refractivity contribution in [3.05, 3.63) is 59.4 Å². The lowest BCUT2D eigenvalue weighted by Gasteiger charge is -2.26. The van der Waals surface area contributed by atoms with E-state index in [1.54, 1.807) is 19.1 Å². The van der Waals surface area contributed by atoms with Gasteiger partial charge in [-0.3, -0.25) is 4.79 Å². The molecule has 9 heteroatoms. The minimum Gasteiger partial charge on any atom is -0.492 e. The second-order valence-electron chi connectivity index (χ2n) is 6.56. The van der Waals surface area contributed by atoms with Crippen molar-refractivity contribution in [2.75, 3.05) is 39.5 Å². The molecule has 1 aliphatic rings. The van der Waals surface area contributed by atoms with Gasteiger partial charge in [0.25, 0.3) is 5.91 Å². The first-order valence-corrected chi connectivity index (χ1v) is 10.7. The van der Waals surface area contributed by atoms with E-state index in [1.807, 2.05) is 0 Å². The molecule has 0 radical (unpaired) electrons. The SMILES string of the molecule is Cc1ccc(C(=O)NCCOc2ccc(F)cc2)cc1S(=O)(=O)N1CCOCC1.